The van der Waals surface area contributed by atoms with Gasteiger partial charge in [0.05, 0.1) is 5.69 Å². The molecule has 0 bridgehead atoms. The summed E-state index contributed by atoms with van der Waals surface area (Å²) in [5.74, 6) is 0.797. The Morgan fingerprint density at radius 1 is 1.38 bits per heavy atom. The van der Waals surface area contributed by atoms with Crippen molar-refractivity contribution in [2.45, 2.75) is 32.6 Å². The third-order valence-corrected chi connectivity index (χ3v) is 2.40. The Kier molecular flexibility index (Phi) is 2.50. The van der Waals surface area contributed by atoms with Crippen molar-refractivity contribution in [3.8, 4) is 0 Å². The van der Waals surface area contributed by atoms with Gasteiger partial charge in [0.15, 0.2) is 11.5 Å². The number of carbonyl (C=O) groups is 1. The lowest BCUT2D eigenvalue weighted by Crippen LogP contribution is -2.13. The van der Waals surface area contributed by atoms with Crippen LogP contribution in [0.5, 0.6) is 0 Å². The van der Waals surface area contributed by atoms with Crippen LogP contribution < -0.4 is 0 Å². The van der Waals surface area contributed by atoms with Crippen molar-refractivity contribution in [1.29, 1.82) is 0 Å². The van der Waals surface area contributed by atoms with E-state index in [1.807, 2.05) is 18.2 Å². The van der Waals surface area contributed by atoms with Gasteiger partial charge in [-0.1, -0.05) is 26.8 Å². The monoisotopic (exact) mass is 217 g/mol. The van der Waals surface area contributed by atoms with Crippen LogP contribution in [-0.2, 0) is 16.6 Å². The molecule has 0 aliphatic carbocycles. The molecular formula is C12H15N3O. The van der Waals surface area contributed by atoms with Gasteiger partial charge >= 0.3 is 0 Å². The molecule has 0 fully saturated rings. The van der Waals surface area contributed by atoms with Crippen molar-refractivity contribution in [2.75, 3.05) is 0 Å². The minimum atomic E-state index is -0.0789. The minimum Gasteiger partial charge on any atom is -0.303 e. The van der Waals surface area contributed by atoms with Gasteiger partial charge in [0.25, 0.3) is 0 Å². The fourth-order valence-electron chi connectivity index (χ4n) is 1.52. The van der Waals surface area contributed by atoms with Crippen LogP contribution in [-0.4, -0.2) is 20.9 Å². The molecule has 2 aromatic heterocycles. The van der Waals surface area contributed by atoms with Crippen LogP contribution >= 0.6 is 0 Å². The van der Waals surface area contributed by atoms with Crippen LogP contribution in [0.4, 0.5) is 0 Å². The van der Waals surface area contributed by atoms with Gasteiger partial charge in [-0.2, -0.15) is 5.10 Å². The zero-order valence-corrected chi connectivity index (χ0v) is 9.77. The van der Waals surface area contributed by atoms with Crippen molar-refractivity contribution in [1.82, 2.24) is 14.6 Å². The Morgan fingerprint density at radius 2 is 2.12 bits per heavy atom. The highest BCUT2D eigenvalue weighted by Crippen LogP contribution is 2.19. The quantitative estimate of drug-likeness (QED) is 0.720. The molecule has 0 aliphatic rings. The molecular weight excluding hydrogens is 202 g/mol. The number of hydrogen-bond donors (Lipinski definition) is 0. The zero-order chi connectivity index (χ0) is 11.8. The van der Waals surface area contributed by atoms with Gasteiger partial charge in [0.2, 0.25) is 0 Å². The lowest BCUT2D eigenvalue weighted by molar-refractivity contribution is -0.107. The van der Waals surface area contributed by atoms with E-state index in [1.54, 1.807) is 4.52 Å². The van der Waals surface area contributed by atoms with Crippen molar-refractivity contribution in [2.24, 2.45) is 0 Å². The lowest BCUT2D eigenvalue weighted by Gasteiger charge is -2.11. The summed E-state index contributed by atoms with van der Waals surface area (Å²) in [6.07, 6.45) is 1.25. The normalized spacial score (nSPS) is 11.9. The summed E-state index contributed by atoms with van der Waals surface area (Å²) in [4.78, 5) is 15.0. The number of hydrogen-bond acceptors (Lipinski definition) is 3. The maximum Gasteiger partial charge on any atom is 0.157 e. The second-order valence-electron chi connectivity index (χ2n) is 4.84. The molecule has 4 heteroatoms. The fraction of sp³-hybridized carbons (Fsp3) is 0.417. The van der Waals surface area contributed by atoms with E-state index in [0.29, 0.717) is 6.42 Å². The van der Waals surface area contributed by atoms with Gasteiger partial charge in [0, 0.05) is 11.8 Å². The molecule has 2 rings (SSSR count). The Hall–Kier alpha value is -1.71. The molecule has 0 aromatic carbocycles. The second-order valence-corrected chi connectivity index (χ2v) is 4.84. The summed E-state index contributed by atoms with van der Waals surface area (Å²) in [5, 5.41) is 4.45. The summed E-state index contributed by atoms with van der Waals surface area (Å²) in [6.45, 7) is 6.21. The zero-order valence-electron chi connectivity index (χ0n) is 9.77. The molecule has 0 radical (unpaired) electrons. The van der Waals surface area contributed by atoms with Crippen LogP contribution in [0.25, 0.3) is 5.65 Å². The van der Waals surface area contributed by atoms with E-state index >= 15 is 0 Å². The molecule has 0 N–H and O–H groups in total. The Bertz CT molecular complexity index is 523. The van der Waals surface area contributed by atoms with Crippen LogP contribution in [0.3, 0.4) is 0 Å². The van der Waals surface area contributed by atoms with Gasteiger partial charge in [-0.25, -0.2) is 9.50 Å². The van der Waals surface area contributed by atoms with E-state index in [1.165, 1.54) is 0 Å². The molecule has 0 unspecified atom stereocenters. The first-order valence-corrected chi connectivity index (χ1v) is 5.31. The molecule has 16 heavy (non-hydrogen) atoms. The highest BCUT2D eigenvalue weighted by Gasteiger charge is 2.20. The maximum absolute atomic E-state index is 10.6. The lowest BCUT2D eigenvalue weighted by atomic mass is 9.96. The standard InChI is InChI=1S/C12H15N3O/c1-12(2,3)11-13-10-6-4-5-9(7-8-16)15(10)14-11/h4-6,8H,7H2,1-3H3. The molecule has 2 heterocycles. The second kappa shape index (κ2) is 3.70. The Labute approximate surface area is 94.3 Å². The first kappa shape index (κ1) is 10.8. The highest BCUT2D eigenvalue weighted by molar-refractivity contribution is 5.55. The number of carbonyl (C=O) groups excluding carboxylic acids is 1. The van der Waals surface area contributed by atoms with Crippen molar-refractivity contribution in [3.63, 3.8) is 0 Å². The average Bonchev–Trinajstić information content (AvgIpc) is 2.62. The smallest absolute Gasteiger partial charge is 0.157 e. The molecule has 84 valence electrons. The third kappa shape index (κ3) is 1.83. The number of aromatic nitrogens is 3. The van der Waals surface area contributed by atoms with E-state index in [2.05, 4.69) is 30.9 Å². The summed E-state index contributed by atoms with van der Waals surface area (Å²) in [7, 11) is 0. The van der Waals surface area contributed by atoms with Gasteiger partial charge in [-0.15, -0.1) is 0 Å². The van der Waals surface area contributed by atoms with E-state index in [0.717, 1.165) is 23.5 Å². The van der Waals surface area contributed by atoms with Gasteiger partial charge in [0.1, 0.15) is 6.29 Å². The van der Waals surface area contributed by atoms with E-state index in [9.17, 15) is 4.79 Å². The summed E-state index contributed by atoms with van der Waals surface area (Å²) in [5.41, 5.74) is 1.59. The molecule has 0 atom stereocenters. The number of fused-ring (bicyclic) bond motifs is 1. The van der Waals surface area contributed by atoms with Gasteiger partial charge < -0.3 is 4.79 Å². The number of pyridine rings is 1. The summed E-state index contributed by atoms with van der Waals surface area (Å²) in [6, 6.07) is 5.69. The fourth-order valence-corrected chi connectivity index (χ4v) is 1.52. The minimum absolute atomic E-state index is 0.0789. The molecule has 0 saturated heterocycles. The van der Waals surface area contributed by atoms with Crippen LogP contribution in [0.15, 0.2) is 18.2 Å². The van der Waals surface area contributed by atoms with Crippen LogP contribution in [0, 0.1) is 0 Å². The summed E-state index contributed by atoms with van der Waals surface area (Å²) < 4.78 is 1.75. The van der Waals surface area contributed by atoms with Crippen LogP contribution in [0.1, 0.15) is 32.3 Å². The first-order valence-electron chi connectivity index (χ1n) is 5.31. The van der Waals surface area contributed by atoms with Crippen molar-refractivity contribution >= 4 is 11.9 Å². The van der Waals surface area contributed by atoms with Crippen LogP contribution in [0.2, 0.25) is 0 Å². The summed E-state index contributed by atoms with van der Waals surface area (Å²) >= 11 is 0. The van der Waals surface area contributed by atoms with E-state index in [-0.39, 0.29) is 5.41 Å². The predicted octanol–water partition coefficient (Wildman–Crippen LogP) is 1.77. The number of nitrogens with zero attached hydrogens (tertiary/aromatic N) is 3. The first-order chi connectivity index (χ1) is 7.52. The Balaban J connectivity index is 2.61. The maximum atomic E-state index is 10.6. The average molecular weight is 217 g/mol. The van der Waals surface area contributed by atoms with Gasteiger partial charge in [-0.3, -0.25) is 0 Å². The molecule has 2 aromatic rings. The molecule has 0 spiro atoms. The largest absolute Gasteiger partial charge is 0.303 e. The van der Waals surface area contributed by atoms with Crippen molar-refractivity contribution < 1.29 is 4.79 Å². The Morgan fingerprint density at radius 3 is 2.75 bits per heavy atom. The SMILES string of the molecule is CC(C)(C)c1nc2cccc(CC=O)n2n1. The highest BCUT2D eigenvalue weighted by atomic mass is 16.1. The third-order valence-electron chi connectivity index (χ3n) is 2.40. The molecule has 4 nitrogen and oxygen atoms in total. The predicted molar refractivity (Wildman–Crippen MR) is 61.5 cm³/mol. The molecule has 0 saturated carbocycles. The molecule has 0 amide bonds. The van der Waals surface area contributed by atoms with E-state index in [4.69, 9.17) is 0 Å². The van der Waals surface area contributed by atoms with Gasteiger partial charge in [-0.05, 0) is 12.1 Å². The van der Waals surface area contributed by atoms with Crippen molar-refractivity contribution in [3.05, 3.63) is 29.7 Å². The topological polar surface area (TPSA) is 47.3 Å². The van der Waals surface area contributed by atoms with E-state index < -0.39 is 0 Å². The number of aldehydes is 1. The number of rotatable bonds is 2. The molecule has 0 aliphatic heterocycles.